The van der Waals surface area contributed by atoms with Crippen molar-refractivity contribution in [2.75, 3.05) is 0 Å². The normalized spacial score (nSPS) is 11.6. The van der Waals surface area contributed by atoms with Crippen LogP contribution < -0.4 is 0 Å². The Bertz CT molecular complexity index is 527. The number of hydrogen-bond acceptors (Lipinski definition) is 2. The van der Waals surface area contributed by atoms with Crippen LogP contribution in [-0.4, -0.2) is 19.3 Å². The highest BCUT2D eigenvalue weighted by molar-refractivity contribution is 6.16. The highest BCUT2D eigenvalue weighted by Gasteiger charge is 2.17. The SMILES string of the molecule is CCCCCn1c(CCl)nc2c(CC)nn(C)c21. The molecule has 0 atom stereocenters. The number of alkyl halides is 1. The molecule has 0 aliphatic carbocycles. The minimum Gasteiger partial charge on any atom is -0.312 e. The van der Waals surface area contributed by atoms with E-state index in [1.807, 2.05) is 11.7 Å². The summed E-state index contributed by atoms with van der Waals surface area (Å²) in [7, 11) is 1.98. The molecule has 0 saturated carbocycles. The van der Waals surface area contributed by atoms with Crippen LogP contribution in [0.25, 0.3) is 11.2 Å². The van der Waals surface area contributed by atoms with Crippen LogP contribution in [-0.2, 0) is 25.9 Å². The summed E-state index contributed by atoms with van der Waals surface area (Å²) in [6.07, 6.45) is 4.53. The van der Waals surface area contributed by atoms with Crippen LogP contribution in [0.1, 0.15) is 44.6 Å². The molecule has 0 aromatic carbocycles. The predicted octanol–water partition coefficient (Wildman–Crippen LogP) is 3.26. The lowest BCUT2D eigenvalue weighted by molar-refractivity contribution is 0.585. The number of nitrogens with zero attached hydrogens (tertiary/aromatic N) is 4. The molecule has 0 N–H and O–H groups in total. The van der Waals surface area contributed by atoms with E-state index in [4.69, 9.17) is 11.6 Å². The van der Waals surface area contributed by atoms with E-state index in [1.165, 1.54) is 19.3 Å². The number of aryl methyl sites for hydroxylation is 3. The van der Waals surface area contributed by atoms with E-state index in [1.54, 1.807) is 0 Å². The maximum atomic E-state index is 6.01. The molecule has 0 amide bonds. The van der Waals surface area contributed by atoms with E-state index in [2.05, 4.69) is 28.5 Å². The quantitative estimate of drug-likeness (QED) is 0.595. The fraction of sp³-hybridized carbons (Fsp3) is 0.692. The molecule has 0 bridgehead atoms. The molecule has 0 aliphatic rings. The van der Waals surface area contributed by atoms with Crippen LogP contribution in [0.15, 0.2) is 0 Å². The van der Waals surface area contributed by atoms with Crippen LogP contribution in [0, 0.1) is 0 Å². The summed E-state index contributed by atoms with van der Waals surface area (Å²) >= 11 is 6.01. The summed E-state index contributed by atoms with van der Waals surface area (Å²) in [5.74, 6) is 1.43. The molecule has 0 spiro atoms. The van der Waals surface area contributed by atoms with E-state index >= 15 is 0 Å². The lowest BCUT2D eigenvalue weighted by Gasteiger charge is -2.07. The first kappa shape index (κ1) is 13.4. The van der Waals surface area contributed by atoms with Gasteiger partial charge in [-0.25, -0.2) is 4.98 Å². The van der Waals surface area contributed by atoms with Crippen molar-refractivity contribution in [3.8, 4) is 0 Å². The molecule has 5 heteroatoms. The van der Waals surface area contributed by atoms with E-state index in [9.17, 15) is 0 Å². The van der Waals surface area contributed by atoms with Gasteiger partial charge >= 0.3 is 0 Å². The van der Waals surface area contributed by atoms with Crippen molar-refractivity contribution in [1.29, 1.82) is 0 Å². The Morgan fingerprint density at radius 3 is 2.61 bits per heavy atom. The van der Waals surface area contributed by atoms with Gasteiger partial charge in [0.05, 0.1) is 11.6 Å². The van der Waals surface area contributed by atoms with Gasteiger partial charge in [-0.2, -0.15) is 5.10 Å². The highest BCUT2D eigenvalue weighted by Crippen LogP contribution is 2.21. The number of aromatic nitrogens is 4. The molecule has 100 valence electrons. The summed E-state index contributed by atoms with van der Waals surface area (Å²) < 4.78 is 4.16. The lowest BCUT2D eigenvalue weighted by Crippen LogP contribution is -2.06. The standard InChI is InChI=1S/C13H21ClN4/c1-4-6-7-8-18-11(9-14)15-12-10(5-2)16-17(3)13(12)18/h4-9H2,1-3H3. The molecule has 4 nitrogen and oxygen atoms in total. The Hall–Kier alpha value is -1.03. The van der Waals surface area contributed by atoms with Crippen molar-refractivity contribution in [2.45, 2.75) is 52.0 Å². The van der Waals surface area contributed by atoms with E-state index < -0.39 is 0 Å². The molecule has 0 fully saturated rings. The zero-order valence-electron chi connectivity index (χ0n) is 11.4. The molecule has 18 heavy (non-hydrogen) atoms. The van der Waals surface area contributed by atoms with Crippen LogP contribution >= 0.6 is 11.6 Å². The Morgan fingerprint density at radius 1 is 1.22 bits per heavy atom. The van der Waals surface area contributed by atoms with E-state index in [0.717, 1.165) is 35.6 Å². The zero-order valence-corrected chi connectivity index (χ0v) is 12.2. The fourth-order valence-corrected chi connectivity index (χ4v) is 2.59. The molecule has 0 saturated heterocycles. The molecule has 2 aromatic heterocycles. The lowest BCUT2D eigenvalue weighted by atomic mass is 10.2. The first-order valence-corrected chi connectivity index (χ1v) is 7.23. The summed E-state index contributed by atoms with van der Waals surface area (Å²) in [5.41, 5.74) is 3.19. The van der Waals surface area contributed by atoms with Crippen LogP contribution in [0.4, 0.5) is 0 Å². The Balaban J connectivity index is 2.44. The minimum absolute atomic E-state index is 0.462. The van der Waals surface area contributed by atoms with Crippen molar-refractivity contribution in [3.63, 3.8) is 0 Å². The summed E-state index contributed by atoms with van der Waals surface area (Å²) in [5, 5.41) is 4.52. The second kappa shape index (κ2) is 5.74. The molecule has 0 radical (unpaired) electrons. The average molecular weight is 269 g/mol. The van der Waals surface area contributed by atoms with Gasteiger partial charge < -0.3 is 4.57 Å². The molecule has 0 aliphatic heterocycles. The molecule has 2 aromatic rings. The number of halogens is 1. The van der Waals surface area contributed by atoms with Gasteiger partial charge in [-0.3, -0.25) is 4.68 Å². The van der Waals surface area contributed by atoms with Gasteiger partial charge in [-0.05, 0) is 12.8 Å². The minimum atomic E-state index is 0.462. The van der Waals surface area contributed by atoms with Crippen molar-refractivity contribution in [1.82, 2.24) is 19.3 Å². The molecule has 2 rings (SSSR count). The van der Waals surface area contributed by atoms with E-state index in [0.29, 0.717) is 5.88 Å². The number of imidazole rings is 1. The second-order valence-electron chi connectivity index (χ2n) is 4.62. The number of fused-ring (bicyclic) bond motifs is 1. The highest BCUT2D eigenvalue weighted by atomic mass is 35.5. The third kappa shape index (κ3) is 2.26. The Labute approximate surface area is 113 Å². The number of rotatable bonds is 6. The van der Waals surface area contributed by atoms with Crippen LogP contribution in [0.3, 0.4) is 0 Å². The summed E-state index contributed by atoms with van der Waals surface area (Å²) in [6.45, 7) is 5.30. The molecule has 2 heterocycles. The van der Waals surface area contributed by atoms with Gasteiger partial charge in [0.2, 0.25) is 0 Å². The number of hydrogen-bond donors (Lipinski definition) is 0. The van der Waals surface area contributed by atoms with E-state index in [-0.39, 0.29) is 0 Å². The Morgan fingerprint density at radius 2 is 2.00 bits per heavy atom. The topological polar surface area (TPSA) is 35.6 Å². The van der Waals surface area contributed by atoms with Gasteiger partial charge in [0.15, 0.2) is 5.65 Å². The first-order chi connectivity index (χ1) is 8.72. The zero-order chi connectivity index (χ0) is 13.1. The van der Waals surface area contributed by atoms with Crippen molar-refractivity contribution >= 4 is 22.8 Å². The van der Waals surface area contributed by atoms with Gasteiger partial charge in [0.1, 0.15) is 11.3 Å². The van der Waals surface area contributed by atoms with Crippen LogP contribution in [0.5, 0.6) is 0 Å². The van der Waals surface area contributed by atoms with Gasteiger partial charge in [-0.15, -0.1) is 11.6 Å². The summed E-state index contributed by atoms with van der Waals surface area (Å²) in [4.78, 5) is 4.65. The van der Waals surface area contributed by atoms with Crippen molar-refractivity contribution in [2.24, 2.45) is 7.05 Å². The van der Waals surface area contributed by atoms with Gasteiger partial charge in [0.25, 0.3) is 0 Å². The Kier molecular flexibility index (Phi) is 4.27. The average Bonchev–Trinajstić information content (AvgIpc) is 2.88. The van der Waals surface area contributed by atoms with Crippen molar-refractivity contribution in [3.05, 3.63) is 11.5 Å². The third-order valence-corrected chi connectivity index (χ3v) is 3.55. The van der Waals surface area contributed by atoms with Crippen LogP contribution in [0.2, 0.25) is 0 Å². The smallest absolute Gasteiger partial charge is 0.158 e. The fourth-order valence-electron chi connectivity index (χ4n) is 2.38. The predicted molar refractivity (Wildman–Crippen MR) is 75.0 cm³/mol. The van der Waals surface area contributed by atoms with Crippen molar-refractivity contribution < 1.29 is 0 Å². The molecular weight excluding hydrogens is 248 g/mol. The monoisotopic (exact) mass is 268 g/mol. The summed E-state index contributed by atoms with van der Waals surface area (Å²) in [6, 6.07) is 0. The number of unbranched alkanes of at least 4 members (excludes halogenated alkanes) is 2. The first-order valence-electron chi connectivity index (χ1n) is 6.69. The molecular formula is C13H21ClN4. The maximum Gasteiger partial charge on any atom is 0.158 e. The van der Waals surface area contributed by atoms with Gasteiger partial charge in [-0.1, -0.05) is 26.7 Å². The maximum absolute atomic E-state index is 6.01. The largest absolute Gasteiger partial charge is 0.312 e. The third-order valence-electron chi connectivity index (χ3n) is 3.31. The van der Waals surface area contributed by atoms with Gasteiger partial charge in [0, 0.05) is 13.6 Å². The molecule has 0 unspecified atom stereocenters. The second-order valence-corrected chi connectivity index (χ2v) is 4.88.